The Balaban J connectivity index is 1.74. The van der Waals surface area contributed by atoms with E-state index in [1.165, 1.54) is 0 Å². The summed E-state index contributed by atoms with van der Waals surface area (Å²) in [6.07, 6.45) is 5.60. The molecule has 1 aliphatic carbocycles. The van der Waals surface area contributed by atoms with Crippen LogP contribution in [0.5, 0.6) is 0 Å². The van der Waals surface area contributed by atoms with Gasteiger partial charge in [-0.25, -0.2) is 0 Å². The Kier molecular flexibility index (Phi) is 2.63. The third-order valence-electron chi connectivity index (χ3n) is 3.34. The lowest BCUT2D eigenvalue weighted by atomic mass is 10.1. The van der Waals surface area contributed by atoms with E-state index in [9.17, 15) is 4.79 Å². The molecule has 0 radical (unpaired) electrons. The molecule has 0 bridgehead atoms. The summed E-state index contributed by atoms with van der Waals surface area (Å²) in [7, 11) is 0. The number of hydrogen-bond donors (Lipinski definition) is 0. The van der Waals surface area contributed by atoms with Crippen molar-refractivity contribution in [2.75, 3.05) is 0 Å². The van der Waals surface area contributed by atoms with Gasteiger partial charge in [0.25, 0.3) is 0 Å². The molecule has 0 saturated heterocycles. The van der Waals surface area contributed by atoms with Crippen molar-refractivity contribution in [1.29, 1.82) is 0 Å². The summed E-state index contributed by atoms with van der Waals surface area (Å²) in [5, 5.41) is 1.16. The number of carbonyl (C=O) groups is 1. The fourth-order valence-electron chi connectivity index (χ4n) is 2.13. The predicted octanol–water partition coefficient (Wildman–Crippen LogP) is 3.15. The average molecular weight is 225 g/mol. The summed E-state index contributed by atoms with van der Waals surface area (Å²) in [6.45, 7) is 0. The van der Waals surface area contributed by atoms with Crippen LogP contribution in [-0.2, 0) is 11.2 Å². The van der Waals surface area contributed by atoms with Gasteiger partial charge in [0.05, 0.1) is 5.52 Å². The third-order valence-corrected chi connectivity index (χ3v) is 3.34. The smallest absolute Gasteiger partial charge is 0.136 e. The van der Waals surface area contributed by atoms with E-state index in [1.54, 1.807) is 0 Å². The molecule has 1 saturated carbocycles. The van der Waals surface area contributed by atoms with E-state index in [2.05, 4.69) is 17.1 Å². The van der Waals surface area contributed by atoms with Crippen LogP contribution in [0.2, 0.25) is 0 Å². The molecule has 86 valence electrons. The molecule has 3 rings (SSSR count). The van der Waals surface area contributed by atoms with Crippen LogP contribution in [0.4, 0.5) is 0 Å². The highest BCUT2D eigenvalue weighted by molar-refractivity contribution is 5.83. The van der Waals surface area contributed by atoms with Gasteiger partial charge in [-0.1, -0.05) is 18.2 Å². The van der Waals surface area contributed by atoms with Crippen LogP contribution in [0.15, 0.2) is 36.5 Å². The van der Waals surface area contributed by atoms with Gasteiger partial charge >= 0.3 is 0 Å². The minimum atomic E-state index is 0.378. The van der Waals surface area contributed by atoms with Gasteiger partial charge < -0.3 is 0 Å². The molecule has 1 aliphatic rings. The SMILES string of the molecule is O=C(CCc1cnc2ccccc2c1)C1CC1. The first-order chi connectivity index (χ1) is 8.33. The zero-order chi connectivity index (χ0) is 11.7. The Morgan fingerprint density at radius 1 is 1.29 bits per heavy atom. The van der Waals surface area contributed by atoms with Crippen LogP contribution in [0.25, 0.3) is 10.9 Å². The minimum Gasteiger partial charge on any atom is -0.299 e. The highest BCUT2D eigenvalue weighted by atomic mass is 16.1. The molecule has 0 aliphatic heterocycles. The molecule has 0 amide bonds. The van der Waals surface area contributed by atoms with Crippen molar-refractivity contribution < 1.29 is 4.79 Å². The van der Waals surface area contributed by atoms with Crippen molar-refractivity contribution in [2.45, 2.75) is 25.7 Å². The zero-order valence-corrected chi connectivity index (χ0v) is 9.73. The Morgan fingerprint density at radius 2 is 2.12 bits per heavy atom. The first kappa shape index (κ1) is 10.5. The van der Waals surface area contributed by atoms with Crippen LogP contribution < -0.4 is 0 Å². The molecular formula is C15H15NO. The van der Waals surface area contributed by atoms with E-state index >= 15 is 0 Å². The van der Waals surface area contributed by atoms with Crippen LogP contribution in [-0.4, -0.2) is 10.8 Å². The van der Waals surface area contributed by atoms with Crippen LogP contribution in [0.1, 0.15) is 24.8 Å². The first-order valence-electron chi connectivity index (χ1n) is 6.19. The first-order valence-corrected chi connectivity index (χ1v) is 6.19. The number of aromatic nitrogens is 1. The molecule has 0 spiro atoms. The van der Waals surface area contributed by atoms with Gasteiger partial charge in [-0.15, -0.1) is 0 Å². The van der Waals surface area contributed by atoms with Crippen molar-refractivity contribution in [3.05, 3.63) is 42.1 Å². The lowest BCUT2D eigenvalue weighted by Gasteiger charge is -2.02. The number of ketones is 1. The standard InChI is InChI=1S/C15H15NO/c17-15(12-6-7-12)8-5-11-9-13-3-1-2-4-14(13)16-10-11/h1-4,9-10,12H,5-8H2. The summed E-state index contributed by atoms with van der Waals surface area (Å²) >= 11 is 0. The van der Waals surface area contributed by atoms with Crippen LogP contribution >= 0.6 is 0 Å². The van der Waals surface area contributed by atoms with Crippen molar-refractivity contribution in [1.82, 2.24) is 4.98 Å². The molecule has 1 heterocycles. The number of fused-ring (bicyclic) bond motifs is 1. The highest BCUT2D eigenvalue weighted by Gasteiger charge is 2.28. The van der Waals surface area contributed by atoms with E-state index in [1.807, 2.05) is 24.4 Å². The summed E-state index contributed by atoms with van der Waals surface area (Å²) in [5.74, 6) is 0.807. The molecule has 2 aromatic rings. The van der Waals surface area contributed by atoms with Gasteiger partial charge in [0.2, 0.25) is 0 Å². The number of para-hydroxylation sites is 1. The summed E-state index contributed by atoms with van der Waals surface area (Å²) in [6, 6.07) is 10.2. The number of aryl methyl sites for hydroxylation is 1. The lowest BCUT2D eigenvalue weighted by molar-refractivity contribution is -0.120. The number of pyridine rings is 1. The summed E-state index contributed by atoms with van der Waals surface area (Å²) in [5.41, 5.74) is 2.18. The minimum absolute atomic E-state index is 0.378. The third kappa shape index (κ3) is 2.36. The Morgan fingerprint density at radius 3 is 2.94 bits per heavy atom. The maximum Gasteiger partial charge on any atom is 0.136 e. The van der Waals surface area contributed by atoms with Gasteiger partial charge in [0, 0.05) is 23.9 Å². The summed E-state index contributed by atoms with van der Waals surface area (Å²) < 4.78 is 0. The van der Waals surface area contributed by atoms with Crippen molar-refractivity contribution in [3.63, 3.8) is 0 Å². The van der Waals surface area contributed by atoms with E-state index < -0.39 is 0 Å². The highest BCUT2D eigenvalue weighted by Crippen LogP contribution is 2.31. The van der Waals surface area contributed by atoms with Gasteiger partial charge in [0.1, 0.15) is 5.78 Å². The number of rotatable bonds is 4. The van der Waals surface area contributed by atoms with Crippen LogP contribution in [0.3, 0.4) is 0 Å². The normalized spacial score (nSPS) is 15.1. The van der Waals surface area contributed by atoms with E-state index in [-0.39, 0.29) is 0 Å². The Labute approximate surface area is 101 Å². The number of carbonyl (C=O) groups excluding carboxylic acids is 1. The van der Waals surface area contributed by atoms with E-state index in [4.69, 9.17) is 0 Å². The average Bonchev–Trinajstić information content (AvgIpc) is 3.20. The van der Waals surface area contributed by atoms with E-state index in [0.29, 0.717) is 18.1 Å². The molecule has 0 atom stereocenters. The van der Waals surface area contributed by atoms with Crippen molar-refractivity contribution in [2.24, 2.45) is 5.92 Å². The molecule has 1 fully saturated rings. The molecule has 1 aromatic carbocycles. The second-order valence-electron chi connectivity index (χ2n) is 4.78. The second kappa shape index (κ2) is 4.28. The topological polar surface area (TPSA) is 30.0 Å². The number of hydrogen-bond acceptors (Lipinski definition) is 2. The molecule has 0 unspecified atom stereocenters. The number of Topliss-reactive ketones (excluding diaryl/α,β-unsaturated/α-hetero) is 1. The largest absolute Gasteiger partial charge is 0.299 e. The van der Waals surface area contributed by atoms with Gasteiger partial charge in [-0.3, -0.25) is 9.78 Å². The quantitative estimate of drug-likeness (QED) is 0.800. The van der Waals surface area contributed by atoms with Crippen molar-refractivity contribution in [3.8, 4) is 0 Å². The van der Waals surface area contributed by atoms with Gasteiger partial charge in [-0.05, 0) is 37.0 Å². The maximum absolute atomic E-state index is 11.6. The monoisotopic (exact) mass is 225 g/mol. The van der Waals surface area contributed by atoms with Gasteiger partial charge in [-0.2, -0.15) is 0 Å². The predicted molar refractivity (Wildman–Crippen MR) is 67.8 cm³/mol. The lowest BCUT2D eigenvalue weighted by Crippen LogP contribution is -2.02. The van der Waals surface area contributed by atoms with Crippen LogP contribution in [0, 0.1) is 5.92 Å². The molecule has 0 N–H and O–H groups in total. The fraction of sp³-hybridized carbons (Fsp3) is 0.333. The number of benzene rings is 1. The molecule has 2 heteroatoms. The fourth-order valence-corrected chi connectivity index (χ4v) is 2.13. The van der Waals surface area contributed by atoms with Gasteiger partial charge in [0.15, 0.2) is 0 Å². The zero-order valence-electron chi connectivity index (χ0n) is 9.73. The Hall–Kier alpha value is -1.70. The maximum atomic E-state index is 11.6. The number of nitrogens with zero attached hydrogens (tertiary/aromatic N) is 1. The summed E-state index contributed by atoms with van der Waals surface area (Å²) in [4.78, 5) is 16.0. The molecular weight excluding hydrogens is 210 g/mol. The van der Waals surface area contributed by atoms with Crippen molar-refractivity contribution >= 4 is 16.7 Å². The van der Waals surface area contributed by atoms with E-state index in [0.717, 1.165) is 35.7 Å². The Bertz CT molecular complexity index is 558. The molecule has 17 heavy (non-hydrogen) atoms. The second-order valence-corrected chi connectivity index (χ2v) is 4.78. The molecule has 1 aromatic heterocycles. The molecule has 2 nitrogen and oxygen atoms in total.